The maximum absolute atomic E-state index is 14.0. The maximum Gasteiger partial charge on any atom is 0.407 e. The van der Waals surface area contributed by atoms with Gasteiger partial charge in [-0.15, -0.1) is 0 Å². The number of nitrogen functional groups attached to an aromatic ring is 1. The van der Waals surface area contributed by atoms with E-state index in [4.69, 9.17) is 24.7 Å². The largest absolute Gasteiger partial charge is 0.496 e. The van der Waals surface area contributed by atoms with E-state index in [0.717, 1.165) is 36.5 Å². The number of aromatic amines is 1. The highest BCUT2D eigenvalue weighted by Gasteiger charge is 2.47. The number of hydrogen-bond acceptors (Lipinski definition) is 23. The smallest absolute Gasteiger partial charge is 0.407 e. The molecule has 0 aliphatic heterocycles. The fraction of sp³-hybridized carbons (Fsp3) is 0.443. The highest BCUT2D eigenvalue weighted by molar-refractivity contribution is 8.76. The minimum atomic E-state index is -2.09. The van der Waals surface area contributed by atoms with Crippen molar-refractivity contribution in [3.63, 3.8) is 0 Å². The monoisotopic (exact) mass is 1260 g/mol. The number of Topliss-reactive ketones (excluding diaryl/α,β-unsaturated/α-hetero) is 1. The van der Waals surface area contributed by atoms with Crippen LogP contribution in [0.25, 0.3) is 11.2 Å². The normalized spacial score (nSPS) is 22.3. The number of carboxylic acid groups (broad SMARTS) is 1. The van der Waals surface area contributed by atoms with Gasteiger partial charge in [0.25, 0.3) is 11.5 Å². The number of allylic oxidation sites excluding steroid dienone is 1. The van der Waals surface area contributed by atoms with Crippen molar-refractivity contribution in [2.75, 3.05) is 42.9 Å². The first kappa shape index (κ1) is 65.2. The second kappa shape index (κ2) is 29.4. The van der Waals surface area contributed by atoms with Crippen LogP contribution < -0.4 is 37.3 Å². The van der Waals surface area contributed by atoms with Gasteiger partial charge in [-0.05, 0) is 111 Å². The molecule has 1 unspecified atom stereocenters. The number of amides is 3. The van der Waals surface area contributed by atoms with Crippen molar-refractivity contribution in [3.05, 3.63) is 128 Å². The zero-order chi connectivity index (χ0) is 63.5. The quantitative estimate of drug-likeness (QED) is 0.0176. The van der Waals surface area contributed by atoms with Gasteiger partial charge < -0.3 is 66.4 Å². The van der Waals surface area contributed by atoms with Crippen LogP contribution in [0.3, 0.4) is 0 Å². The number of methoxy groups -OCH3 is 1. The Morgan fingerprint density at radius 3 is 2.48 bits per heavy atom. The Morgan fingerprint density at radius 1 is 0.933 bits per heavy atom. The van der Waals surface area contributed by atoms with Crippen LogP contribution in [0.2, 0.25) is 0 Å². The number of aliphatic hydroxyl groups is 3. The number of fused-ring (bicyclic) bond motifs is 4. The topological polar surface area (TPSA) is 400 Å². The van der Waals surface area contributed by atoms with Crippen molar-refractivity contribution in [1.82, 2.24) is 35.9 Å². The van der Waals surface area contributed by atoms with Gasteiger partial charge in [0.2, 0.25) is 11.9 Å². The van der Waals surface area contributed by atoms with E-state index in [1.165, 1.54) is 54.4 Å². The lowest BCUT2D eigenvalue weighted by Crippen LogP contribution is -2.53. The second-order valence-corrected chi connectivity index (χ2v) is 24.9. The third-order valence-electron chi connectivity index (χ3n) is 16.0. The average Bonchev–Trinajstić information content (AvgIpc) is 0.952. The summed E-state index contributed by atoms with van der Waals surface area (Å²) in [6.45, 7) is 0.831. The number of H-pyrrole nitrogens is 1. The van der Waals surface area contributed by atoms with Crippen LogP contribution in [-0.2, 0) is 46.4 Å². The molecule has 3 aromatic carbocycles. The molecule has 0 saturated heterocycles. The summed E-state index contributed by atoms with van der Waals surface area (Å²) in [5, 5.41) is 53.8. The van der Waals surface area contributed by atoms with Crippen LogP contribution in [0.1, 0.15) is 136 Å². The van der Waals surface area contributed by atoms with Crippen molar-refractivity contribution < 1.29 is 77.7 Å². The van der Waals surface area contributed by atoms with Gasteiger partial charge in [0.05, 0.1) is 55.5 Å². The number of carboxylic acids is 1. The summed E-state index contributed by atoms with van der Waals surface area (Å²) in [5.41, 5.74) is 5.53. The number of aliphatic carboxylic acids is 1. The lowest BCUT2D eigenvalue weighted by atomic mass is 9.73. The molecule has 9 rings (SSSR count). The second-order valence-electron chi connectivity index (χ2n) is 22.3. The third-order valence-corrected chi connectivity index (χ3v) is 18.4. The molecule has 1 saturated carbocycles. The molecule has 4 aliphatic carbocycles. The van der Waals surface area contributed by atoms with Crippen LogP contribution in [-0.4, -0.2) is 161 Å². The molecule has 1 fully saturated rings. The molecular formula is C61H69N9O17S2. The average molecular weight is 1260 g/mol. The molecule has 26 nitrogen and oxygen atoms in total. The zero-order valence-electron chi connectivity index (χ0n) is 48.7. The van der Waals surface area contributed by atoms with E-state index in [1.54, 1.807) is 31.2 Å². The van der Waals surface area contributed by atoms with Crippen molar-refractivity contribution in [3.8, 4) is 5.75 Å². The number of benzene rings is 3. The van der Waals surface area contributed by atoms with E-state index in [9.17, 15) is 63.6 Å². The minimum absolute atomic E-state index is 0.0183. The predicted molar refractivity (Wildman–Crippen MR) is 325 cm³/mol. The molecule has 4 aliphatic rings. The Bertz CT molecular complexity index is 3610. The summed E-state index contributed by atoms with van der Waals surface area (Å²) >= 11 is 0. The summed E-state index contributed by atoms with van der Waals surface area (Å²) in [6.07, 6.45) is 4.44. The highest BCUT2D eigenvalue weighted by Crippen LogP contribution is 2.44. The number of carbonyl (C=O) groups is 8. The summed E-state index contributed by atoms with van der Waals surface area (Å²) in [6, 6.07) is 10.5. The summed E-state index contributed by atoms with van der Waals surface area (Å²) in [7, 11) is 3.66. The van der Waals surface area contributed by atoms with Crippen LogP contribution >= 0.6 is 21.6 Å². The predicted octanol–water partition coefficient (Wildman–Crippen LogP) is 4.20. The maximum atomic E-state index is 14.0. The van der Waals surface area contributed by atoms with Gasteiger partial charge in [-0.2, -0.15) is 4.98 Å². The molecule has 9 atom stereocenters. The molecule has 11 N–H and O–H groups in total. The molecule has 28 heteroatoms. The van der Waals surface area contributed by atoms with E-state index < -0.39 is 113 Å². The van der Waals surface area contributed by atoms with Crippen LogP contribution in [0, 0.1) is 5.92 Å². The van der Waals surface area contributed by atoms with Gasteiger partial charge in [0, 0.05) is 58.7 Å². The van der Waals surface area contributed by atoms with Gasteiger partial charge >= 0.3 is 18.0 Å². The first-order chi connectivity index (χ1) is 42.7. The first-order valence-corrected chi connectivity index (χ1v) is 31.6. The standard InChI is InChI=1S/C61H69N9O17S2/c1-31-21-37(86-46-26-61(83,47(72)29-71)25-33-22-40-41(24-39(33)46)53(76)49-38(52(40)75)11-8-12-45(49)84-2)23-43(51(31)74)68-60(82)85-19-20-88-89-30-44(57(79)80)66-48(73)18-17-42(58(81)87-36-9-6-4-3-5-7-10-36)67-55(77)32-13-15-34(16-14-32)63-27-35-28-64-54-50(65-35)56(78)70-59(62)69-54/h6,8-9,11-16,22,24,28,31,36-37,42-44,46,51,63,71,74,83H,3-5,7,10,17-21,23,25-27,29-30H2,1-2H3,(H,66,73)(H,67,77)(H,68,82)(H,79,80)(H3,62,64,69,70,78)/b9-6+/t31-,36?,37-,42-,43-,44-,46+,51-,61+/m1/s1. The number of aliphatic hydroxyl groups excluding tert-OH is 2. The number of ether oxygens (including phenoxy) is 4. The number of esters is 1. The summed E-state index contributed by atoms with van der Waals surface area (Å²) in [5.74, 6) is -5.40. The SMILES string of the molecule is COc1cccc2c1C(=O)c1cc3c(cc1C2=O)C[C@@](O)(C(=O)CO)C[C@@H]3O[C@@H]1C[C@@H](C)[C@@H](O)[C@H](NC(=O)OCCSSC[C@@H](NC(=O)CC[C@@H](NC(=O)c2ccc(NCc3cnc4nc(N)[nH]c(=O)c4n3)cc2)C(=O)OC2/C=C/CCCCC2)C(=O)O)C1. The first-order valence-electron chi connectivity index (χ1n) is 29.1. The van der Waals surface area contributed by atoms with E-state index >= 15 is 0 Å². The lowest BCUT2D eigenvalue weighted by molar-refractivity contribution is -0.151. The van der Waals surface area contributed by atoms with Gasteiger partial charge in [-0.1, -0.05) is 53.1 Å². The van der Waals surface area contributed by atoms with Crippen molar-refractivity contribution in [2.24, 2.45) is 5.92 Å². The van der Waals surface area contributed by atoms with Crippen LogP contribution in [0.4, 0.5) is 16.4 Å². The highest BCUT2D eigenvalue weighted by atomic mass is 33.1. The minimum Gasteiger partial charge on any atom is -0.496 e. The summed E-state index contributed by atoms with van der Waals surface area (Å²) in [4.78, 5) is 134. The van der Waals surface area contributed by atoms with Gasteiger partial charge in [0.15, 0.2) is 28.5 Å². The van der Waals surface area contributed by atoms with Gasteiger partial charge in [0.1, 0.15) is 42.8 Å². The molecule has 0 radical (unpaired) electrons. The summed E-state index contributed by atoms with van der Waals surface area (Å²) < 4.78 is 23.3. The van der Waals surface area contributed by atoms with E-state index in [1.807, 2.05) is 12.2 Å². The van der Waals surface area contributed by atoms with Crippen molar-refractivity contribution >= 4 is 91.6 Å². The molecular weight excluding hydrogens is 1190 g/mol. The lowest BCUT2D eigenvalue weighted by Gasteiger charge is -2.42. The molecule has 0 bridgehead atoms. The van der Waals surface area contributed by atoms with Crippen LogP contribution in [0.15, 0.2) is 77.7 Å². The number of nitrogens with two attached hydrogens (primary N) is 1. The van der Waals surface area contributed by atoms with E-state index in [-0.39, 0.29) is 107 Å². The number of rotatable bonds is 24. The third kappa shape index (κ3) is 16.0. The molecule has 2 aromatic heterocycles. The number of alkyl carbamates (subject to hydrolysis) is 1. The Kier molecular flexibility index (Phi) is 21.5. The Hall–Kier alpha value is -8.28. The molecule has 472 valence electrons. The number of ketones is 3. The fourth-order valence-corrected chi connectivity index (χ4v) is 13.3. The number of aromatic nitrogens is 4. The zero-order valence-corrected chi connectivity index (χ0v) is 50.3. The molecule has 0 spiro atoms. The number of anilines is 2. The molecule has 89 heavy (non-hydrogen) atoms. The van der Waals surface area contributed by atoms with Crippen molar-refractivity contribution in [2.45, 2.75) is 132 Å². The van der Waals surface area contributed by atoms with E-state index in [2.05, 4.69) is 41.2 Å². The Labute approximate surface area is 517 Å². The number of nitrogens with one attached hydrogen (secondary N) is 5. The molecule has 5 aromatic rings. The Morgan fingerprint density at radius 2 is 1.72 bits per heavy atom. The Balaban J connectivity index is 0.745. The van der Waals surface area contributed by atoms with Crippen molar-refractivity contribution in [1.29, 1.82) is 0 Å². The van der Waals surface area contributed by atoms with Crippen LogP contribution in [0.5, 0.6) is 5.75 Å². The van der Waals surface area contributed by atoms with Gasteiger partial charge in [-0.25, -0.2) is 24.4 Å². The number of carbonyl (C=O) groups excluding carboxylic acids is 7. The van der Waals surface area contributed by atoms with E-state index in [0.29, 0.717) is 35.3 Å². The molecule has 2 heterocycles. The van der Waals surface area contributed by atoms with Gasteiger partial charge in [-0.3, -0.25) is 33.8 Å². The fourth-order valence-electron chi connectivity index (χ4n) is 11.3. The number of hydrogen-bond donors (Lipinski definition) is 10. The number of nitrogens with zero attached hydrogens (tertiary/aromatic N) is 3. The molecule has 3 amide bonds.